The molecule has 1 aromatic rings. The highest BCUT2D eigenvalue weighted by molar-refractivity contribution is 7.86. The highest BCUT2D eigenvalue weighted by Crippen LogP contribution is 2.28. The van der Waals surface area contributed by atoms with Crippen LogP contribution < -0.4 is 5.32 Å². The summed E-state index contributed by atoms with van der Waals surface area (Å²) in [5, 5.41) is 3.27. The van der Waals surface area contributed by atoms with E-state index in [0.29, 0.717) is 38.6 Å². The first kappa shape index (κ1) is 17.7. The Kier molecular flexibility index (Phi) is 5.50. The number of nitrogens with zero attached hydrogens (tertiary/aromatic N) is 4. The van der Waals surface area contributed by atoms with Gasteiger partial charge in [-0.1, -0.05) is 6.92 Å². The zero-order valence-corrected chi connectivity index (χ0v) is 14.6. The monoisotopic (exact) mass is 349 g/mol. The van der Waals surface area contributed by atoms with E-state index in [0.717, 1.165) is 12.2 Å². The van der Waals surface area contributed by atoms with Crippen LogP contribution in [-0.4, -0.2) is 59.3 Å². The zero-order chi connectivity index (χ0) is 15.0. The largest absolute Gasteiger partial charge is 0.337 e. The minimum Gasteiger partial charge on any atom is -0.337 e. The smallest absolute Gasteiger partial charge is 0.282 e. The summed E-state index contributed by atoms with van der Waals surface area (Å²) in [6, 6.07) is -0.236. The average molecular weight is 350 g/mol. The van der Waals surface area contributed by atoms with E-state index < -0.39 is 10.2 Å². The number of aromatic nitrogens is 2. The van der Waals surface area contributed by atoms with Gasteiger partial charge in [0.15, 0.2) is 0 Å². The molecule has 0 radical (unpaired) electrons. The van der Waals surface area contributed by atoms with Crippen molar-refractivity contribution < 1.29 is 8.42 Å². The second-order valence-electron chi connectivity index (χ2n) is 5.99. The van der Waals surface area contributed by atoms with Crippen LogP contribution in [0.1, 0.15) is 25.2 Å². The molecule has 2 aliphatic heterocycles. The summed E-state index contributed by atoms with van der Waals surface area (Å²) in [5.41, 5.74) is 0. The lowest BCUT2D eigenvalue weighted by Gasteiger charge is -2.36. The van der Waals surface area contributed by atoms with Crippen molar-refractivity contribution >= 4 is 22.6 Å². The molecule has 2 atom stereocenters. The van der Waals surface area contributed by atoms with Crippen LogP contribution in [0.15, 0.2) is 12.4 Å². The Balaban J connectivity index is 0.00000176. The second kappa shape index (κ2) is 6.84. The minimum atomic E-state index is -3.41. The minimum absolute atomic E-state index is 0. The maximum absolute atomic E-state index is 12.9. The van der Waals surface area contributed by atoms with E-state index in [1.54, 1.807) is 14.8 Å². The van der Waals surface area contributed by atoms with E-state index in [1.807, 2.05) is 17.8 Å². The molecule has 0 saturated carbocycles. The standard InChI is InChI=1S/C13H23N5O2S.ClH/c1-11-3-6-17(10-11)21(19,20)18-8-4-14-9-12(18)13-15-5-7-16(13)2;/h5,7,11-12,14H,3-4,6,8-10H2,1-2H3;1H. The van der Waals surface area contributed by atoms with Gasteiger partial charge in [-0.25, -0.2) is 4.98 Å². The van der Waals surface area contributed by atoms with Crippen LogP contribution in [0.25, 0.3) is 0 Å². The van der Waals surface area contributed by atoms with Crippen LogP contribution in [0.4, 0.5) is 0 Å². The van der Waals surface area contributed by atoms with E-state index in [9.17, 15) is 8.42 Å². The van der Waals surface area contributed by atoms with Gasteiger partial charge in [0.25, 0.3) is 10.2 Å². The van der Waals surface area contributed by atoms with E-state index in [2.05, 4.69) is 17.2 Å². The Bertz CT molecular complexity index is 605. The first-order chi connectivity index (χ1) is 10.00. The van der Waals surface area contributed by atoms with Crippen LogP contribution in [0.3, 0.4) is 0 Å². The quantitative estimate of drug-likeness (QED) is 0.856. The summed E-state index contributed by atoms with van der Waals surface area (Å²) in [4.78, 5) is 4.34. The molecule has 126 valence electrons. The van der Waals surface area contributed by atoms with Gasteiger partial charge >= 0.3 is 0 Å². The fourth-order valence-corrected chi connectivity index (χ4v) is 5.02. The lowest BCUT2D eigenvalue weighted by atomic mass is 10.2. The Morgan fingerprint density at radius 3 is 2.73 bits per heavy atom. The molecule has 7 nitrogen and oxygen atoms in total. The van der Waals surface area contributed by atoms with Crippen LogP contribution in [0, 0.1) is 5.92 Å². The number of piperazine rings is 1. The third-order valence-electron chi connectivity index (χ3n) is 4.36. The van der Waals surface area contributed by atoms with Crippen molar-refractivity contribution in [1.82, 2.24) is 23.5 Å². The van der Waals surface area contributed by atoms with Gasteiger partial charge in [0.05, 0.1) is 6.04 Å². The SMILES string of the molecule is CC1CCN(S(=O)(=O)N2CCNCC2c2nccn2C)C1.Cl. The van der Waals surface area contributed by atoms with Crippen molar-refractivity contribution in [1.29, 1.82) is 0 Å². The third kappa shape index (κ3) is 3.16. The van der Waals surface area contributed by atoms with E-state index in [1.165, 1.54) is 0 Å². The second-order valence-corrected chi connectivity index (χ2v) is 7.87. The first-order valence-corrected chi connectivity index (χ1v) is 8.84. The number of rotatable bonds is 3. The molecule has 3 heterocycles. The Morgan fingerprint density at radius 1 is 1.36 bits per heavy atom. The topological polar surface area (TPSA) is 70.5 Å². The van der Waals surface area contributed by atoms with E-state index in [-0.39, 0.29) is 18.4 Å². The van der Waals surface area contributed by atoms with Crippen molar-refractivity contribution in [3.8, 4) is 0 Å². The number of imidazole rings is 1. The molecule has 1 aromatic heterocycles. The molecule has 3 rings (SSSR count). The lowest BCUT2D eigenvalue weighted by molar-refractivity contribution is 0.240. The molecular weight excluding hydrogens is 326 g/mol. The summed E-state index contributed by atoms with van der Waals surface area (Å²) in [6.07, 6.45) is 4.51. The predicted octanol–water partition coefficient (Wildman–Crippen LogP) is 0.375. The summed E-state index contributed by atoms with van der Waals surface area (Å²) in [6.45, 7) is 5.13. The van der Waals surface area contributed by atoms with Crippen molar-refractivity contribution in [3.63, 3.8) is 0 Å². The molecule has 0 bridgehead atoms. The summed E-state index contributed by atoms with van der Waals surface area (Å²) in [7, 11) is -1.51. The fraction of sp³-hybridized carbons (Fsp3) is 0.769. The van der Waals surface area contributed by atoms with Crippen LogP contribution in [0.5, 0.6) is 0 Å². The average Bonchev–Trinajstić information content (AvgIpc) is 3.08. The van der Waals surface area contributed by atoms with Gasteiger partial charge in [0.2, 0.25) is 0 Å². The summed E-state index contributed by atoms with van der Waals surface area (Å²) < 4.78 is 31.0. The van der Waals surface area contributed by atoms with Gasteiger partial charge in [-0.3, -0.25) is 0 Å². The molecule has 0 spiro atoms. The van der Waals surface area contributed by atoms with Crippen LogP contribution in [-0.2, 0) is 17.3 Å². The molecule has 9 heteroatoms. The van der Waals surface area contributed by atoms with Gasteiger partial charge in [-0.2, -0.15) is 17.0 Å². The number of hydrogen-bond acceptors (Lipinski definition) is 4. The zero-order valence-electron chi connectivity index (χ0n) is 13.0. The molecule has 22 heavy (non-hydrogen) atoms. The van der Waals surface area contributed by atoms with E-state index in [4.69, 9.17) is 0 Å². The van der Waals surface area contributed by atoms with Crippen molar-refractivity contribution in [2.45, 2.75) is 19.4 Å². The predicted molar refractivity (Wildman–Crippen MR) is 87.0 cm³/mol. The lowest BCUT2D eigenvalue weighted by Crippen LogP contribution is -2.53. The molecular formula is C13H24ClN5O2S. The molecule has 2 aliphatic rings. The normalized spacial score (nSPS) is 27.7. The third-order valence-corrected chi connectivity index (χ3v) is 6.37. The van der Waals surface area contributed by atoms with Crippen molar-refractivity contribution in [2.24, 2.45) is 13.0 Å². The fourth-order valence-electron chi connectivity index (χ4n) is 3.13. The van der Waals surface area contributed by atoms with Crippen LogP contribution in [0.2, 0.25) is 0 Å². The highest BCUT2D eigenvalue weighted by Gasteiger charge is 2.40. The molecule has 2 fully saturated rings. The maximum Gasteiger partial charge on any atom is 0.282 e. The Hall–Kier alpha value is -0.670. The van der Waals surface area contributed by atoms with Gasteiger partial charge in [0.1, 0.15) is 5.82 Å². The Labute approximate surface area is 138 Å². The first-order valence-electron chi connectivity index (χ1n) is 7.45. The molecule has 2 saturated heterocycles. The van der Waals surface area contributed by atoms with Crippen molar-refractivity contribution in [2.75, 3.05) is 32.7 Å². The molecule has 0 amide bonds. The van der Waals surface area contributed by atoms with Gasteiger partial charge < -0.3 is 9.88 Å². The highest BCUT2D eigenvalue weighted by atomic mass is 35.5. The molecule has 0 aliphatic carbocycles. The number of aryl methyl sites for hydroxylation is 1. The molecule has 2 unspecified atom stereocenters. The van der Waals surface area contributed by atoms with Gasteiger partial charge in [-0.15, -0.1) is 12.4 Å². The van der Waals surface area contributed by atoms with Crippen LogP contribution >= 0.6 is 12.4 Å². The number of hydrogen-bond donors (Lipinski definition) is 1. The number of halogens is 1. The summed E-state index contributed by atoms with van der Waals surface area (Å²) >= 11 is 0. The Morgan fingerprint density at radius 2 is 2.14 bits per heavy atom. The van der Waals surface area contributed by atoms with Crippen molar-refractivity contribution in [3.05, 3.63) is 18.2 Å². The van der Waals surface area contributed by atoms with Gasteiger partial charge in [0, 0.05) is 52.2 Å². The molecule has 0 aromatic carbocycles. The number of nitrogens with one attached hydrogen (secondary N) is 1. The maximum atomic E-state index is 12.9. The van der Waals surface area contributed by atoms with E-state index >= 15 is 0 Å². The summed E-state index contributed by atoms with van der Waals surface area (Å²) in [5.74, 6) is 1.23. The van der Waals surface area contributed by atoms with Gasteiger partial charge in [-0.05, 0) is 12.3 Å². The molecule has 1 N–H and O–H groups in total.